The van der Waals surface area contributed by atoms with Crippen LogP contribution in [-0.2, 0) is 14.2 Å². The first-order valence-electron chi connectivity index (χ1n) is 12.6. The molecule has 1 aliphatic heterocycles. The molecule has 8 heteroatoms. The van der Waals surface area contributed by atoms with Crippen molar-refractivity contribution in [1.29, 1.82) is 5.26 Å². The van der Waals surface area contributed by atoms with Gasteiger partial charge in [0.25, 0.3) is 0 Å². The predicted octanol–water partition coefficient (Wildman–Crippen LogP) is 5.37. The Labute approximate surface area is 218 Å². The van der Waals surface area contributed by atoms with Crippen molar-refractivity contribution >= 4 is 22.1 Å². The molecule has 2 aromatic carbocycles. The summed E-state index contributed by atoms with van der Waals surface area (Å²) in [6.07, 6.45) is 5.23. The van der Waals surface area contributed by atoms with Crippen LogP contribution in [0.5, 0.6) is 5.88 Å². The summed E-state index contributed by atoms with van der Waals surface area (Å²) in [5, 5.41) is 12.2. The highest BCUT2D eigenvalue weighted by Gasteiger charge is 2.19. The van der Waals surface area contributed by atoms with Gasteiger partial charge in [0, 0.05) is 37.6 Å². The Balaban J connectivity index is 1.48. The van der Waals surface area contributed by atoms with Crippen molar-refractivity contribution in [2.45, 2.75) is 19.3 Å². The number of hydrogen-bond donors (Lipinski definition) is 0. The quantitative estimate of drug-likeness (QED) is 0.244. The molecule has 2 heterocycles. The van der Waals surface area contributed by atoms with Crippen molar-refractivity contribution in [3.8, 4) is 23.1 Å². The fraction of sp³-hybridized carbons (Fsp3) is 0.414. The summed E-state index contributed by atoms with van der Waals surface area (Å²) >= 11 is 0. The number of piperidine rings is 1. The summed E-state index contributed by atoms with van der Waals surface area (Å²) in [5.41, 5.74) is 3.13. The van der Waals surface area contributed by atoms with Crippen molar-refractivity contribution in [3.05, 3.63) is 59.6 Å². The maximum Gasteiger partial charge on any atom is 0.229 e. The molecule has 4 rings (SSSR count). The van der Waals surface area contributed by atoms with Crippen LogP contribution >= 0.6 is 0 Å². The first-order valence-corrected chi connectivity index (χ1v) is 12.6. The van der Waals surface area contributed by atoms with Crippen LogP contribution in [0.25, 0.3) is 26.7 Å². The van der Waals surface area contributed by atoms with E-state index in [-0.39, 0.29) is 18.1 Å². The minimum absolute atomic E-state index is 0.199. The van der Waals surface area contributed by atoms with Gasteiger partial charge >= 0.3 is 0 Å². The molecule has 0 spiro atoms. The van der Waals surface area contributed by atoms with E-state index >= 15 is 0 Å². The van der Waals surface area contributed by atoms with Crippen LogP contribution in [0.4, 0.5) is 11.4 Å². The minimum Gasteiger partial charge on any atom is -0.474 e. The van der Waals surface area contributed by atoms with Gasteiger partial charge in [-0.25, -0.2) is 9.83 Å². The minimum atomic E-state index is 0.199. The molecular weight excluding hydrogens is 468 g/mol. The molecule has 1 aromatic heterocycles. The van der Waals surface area contributed by atoms with E-state index in [0.717, 1.165) is 29.4 Å². The van der Waals surface area contributed by atoms with Gasteiger partial charge in [-0.3, -0.25) is 0 Å². The van der Waals surface area contributed by atoms with E-state index in [4.69, 9.17) is 25.5 Å². The Morgan fingerprint density at radius 3 is 2.38 bits per heavy atom. The van der Waals surface area contributed by atoms with E-state index in [0.29, 0.717) is 44.3 Å². The highest BCUT2D eigenvalue weighted by Crippen LogP contribution is 2.38. The molecule has 0 aliphatic carbocycles. The molecule has 0 N–H and O–H groups in total. The van der Waals surface area contributed by atoms with Gasteiger partial charge in [-0.05, 0) is 53.8 Å². The lowest BCUT2D eigenvalue weighted by molar-refractivity contribution is 0.0176. The Hall–Kier alpha value is -3.69. The van der Waals surface area contributed by atoms with Gasteiger partial charge in [-0.1, -0.05) is 18.2 Å². The number of ether oxygens (including phenoxy) is 4. The van der Waals surface area contributed by atoms with Crippen molar-refractivity contribution in [3.63, 3.8) is 0 Å². The zero-order chi connectivity index (χ0) is 25.9. The number of fused-ring (bicyclic) bond motifs is 1. The summed E-state index contributed by atoms with van der Waals surface area (Å²) in [6, 6.07) is 14.7. The van der Waals surface area contributed by atoms with E-state index in [1.165, 1.54) is 31.1 Å². The molecule has 0 radical (unpaired) electrons. The molecule has 0 atom stereocenters. The third kappa shape index (κ3) is 6.75. The normalized spacial score (nSPS) is 13.3. The van der Waals surface area contributed by atoms with Crippen LogP contribution in [0.1, 0.15) is 24.8 Å². The fourth-order valence-corrected chi connectivity index (χ4v) is 4.47. The van der Waals surface area contributed by atoms with E-state index < -0.39 is 0 Å². The Bertz CT molecular complexity index is 1280. The summed E-state index contributed by atoms with van der Waals surface area (Å²) in [5.74, 6) is 0.199. The first kappa shape index (κ1) is 26.4. The van der Waals surface area contributed by atoms with Crippen LogP contribution in [-0.4, -0.2) is 64.8 Å². The molecule has 0 bridgehead atoms. The highest BCUT2D eigenvalue weighted by atomic mass is 16.6. The largest absolute Gasteiger partial charge is 0.474 e. The molecule has 3 aromatic rings. The number of pyridine rings is 1. The maximum absolute atomic E-state index is 9.98. The molecular formula is C29H32N4O4. The summed E-state index contributed by atoms with van der Waals surface area (Å²) < 4.78 is 21.6. The van der Waals surface area contributed by atoms with Crippen LogP contribution in [0.3, 0.4) is 0 Å². The van der Waals surface area contributed by atoms with Gasteiger partial charge in [0.05, 0.1) is 39.6 Å². The van der Waals surface area contributed by atoms with Gasteiger partial charge in [-0.2, -0.15) is 5.26 Å². The first-order chi connectivity index (χ1) is 18.2. The SMILES string of the molecule is [C-]#[N+]c1cnc(OCCOCCOCCOC)c(C#N)c1-c1ccc2cc(N3CCCCC3)ccc2c1. The van der Waals surface area contributed by atoms with Gasteiger partial charge in [0.1, 0.15) is 18.2 Å². The number of anilines is 1. The topological polar surface area (TPSA) is 81.2 Å². The lowest BCUT2D eigenvalue weighted by Gasteiger charge is -2.29. The van der Waals surface area contributed by atoms with E-state index in [1.807, 2.05) is 12.1 Å². The van der Waals surface area contributed by atoms with E-state index in [9.17, 15) is 5.26 Å². The lowest BCUT2D eigenvalue weighted by Crippen LogP contribution is -2.29. The van der Waals surface area contributed by atoms with Crippen molar-refractivity contribution in [2.75, 3.05) is 64.7 Å². The Morgan fingerprint density at radius 2 is 1.65 bits per heavy atom. The zero-order valence-electron chi connectivity index (χ0n) is 21.2. The standard InChI is InChI=1S/C29H32N4O4/c1-31-27-21-32-29(37-17-16-36-15-14-35-13-12-34-2)26(20-30)28(27)24-7-6-23-19-25(9-8-22(23)18-24)33-10-4-3-5-11-33/h6-9,18-19,21H,3-5,10-17H2,2H3. The maximum atomic E-state index is 9.98. The summed E-state index contributed by atoms with van der Waals surface area (Å²) in [6.45, 7) is 12.4. The number of methoxy groups -OCH3 is 1. The van der Waals surface area contributed by atoms with Crippen molar-refractivity contribution in [1.82, 2.24) is 4.98 Å². The second-order valence-corrected chi connectivity index (χ2v) is 8.78. The third-order valence-corrected chi connectivity index (χ3v) is 6.36. The predicted molar refractivity (Wildman–Crippen MR) is 143 cm³/mol. The molecule has 0 unspecified atom stereocenters. The van der Waals surface area contributed by atoms with E-state index in [1.54, 1.807) is 7.11 Å². The van der Waals surface area contributed by atoms with Crippen molar-refractivity contribution < 1.29 is 18.9 Å². The third-order valence-electron chi connectivity index (χ3n) is 6.36. The Kier molecular flexibility index (Phi) is 9.67. The smallest absolute Gasteiger partial charge is 0.229 e. The van der Waals surface area contributed by atoms with Gasteiger partial charge in [-0.15, -0.1) is 0 Å². The summed E-state index contributed by atoms with van der Waals surface area (Å²) in [7, 11) is 1.63. The number of aromatic nitrogens is 1. The summed E-state index contributed by atoms with van der Waals surface area (Å²) in [4.78, 5) is 10.3. The van der Waals surface area contributed by atoms with Crippen LogP contribution in [0, 0.1) is 17.9 Å². The number of hydrogen-bond acceptors (Lipinski definition) is 7. The molecule has 0 amide bonds. The molecule has 192 valence electrons. The number of nitriles is 1. The number of benzene rings is 2. The van der Waals surface area contributed by atoms with Crippen LogP contribution in [0.2, 0.25) is 0 Å². The van der Waals surface area contributed by atoms with Crippen LogP contribution in [0.15, 0.2) is 42.6 Å². The fourth-order valence-electron chi connectivity index (χ4n) is 4.47. The zero-order valence-corrected chi connectivity index (χ0v) is 21.2. The van der Waals surface area contributed by atoms with Crippen molar-refractivity contribution in [2.24, 2.45) is 0 Å². The second-order valence-electron chi connectivity index (χ2n) is 8.78. The Morgan fingerprint density at radius 1 is 0.946 bits per heavy atom. The van der Waals surface area contributed by atoms with Crippen LogP contribution < -0.4 is 9.64 Å². The molecule has 8 nitrogen and oxygen atoms in total. The molecule has 1 aliphatic rings. The van der Waals surface area contributed by atoms with Gasteiger partial charge in [0.15, 0.2) is 0 Å². The second kappa shape index (κ2) is 13.6. The van der Waals surface area contributed by atoms with E-state index in [2.05, 4.69) is 45.1 Å². The average Bonchev–Trinajstić information content (AvgIpc) is 2.95. The van der Waals surface area contributed by atoms with Gasteiger partial charge in [0.2, 0.25) is 11.6 Å². The average molecular weight is 501 g/mol. The molecule has 1 saturated heterocycles. The number of rotatable bonds is 12. The molecule has 37 heavy (non-hydrogen) atoms. The molecule has 1 fully saturated rings. The molecule has 0 saturated carbocycles. The highest BCUT2D eigenvalue weighted by molar-refractivity contribution is 5.93. The lowest BCUT2D eigenvalue weighted by atomic mass is 9.97. The number of nitrogens with zero attached hydrogens (tertiary/aromatic N) is 4. The monoisotopic (exact) mass is 500 g/mol. The van der Waals surface area contributed by atoms with Gasteiger partial charge < -0.3 is 23.8 Å².